The monoisotopic (exact) mass is 679 g/mol. The Morgan fingerprint density at radius 1 is 0.509 bits per heavy atom. The van der Waals surface area contributed by atoms with Gasteiger partial charge in [0.05, 0.1) is 22.1 Å². The Morgan fingerprint density at radius 2 is 1.09 bits per heavy atom. The second-order valence-electron chi connectivity index (χ2n) is 13.3. The standard InChI is InChI=1S/C48H33N5/c1-3-4-25-36-31(2)41-43-37-26-15-14-18-32(37)29-30-40(43)53(44(41)45-42(36)38-27-16-17-28-39(38)52(45)35-23-12-7-13-24-35)48-50-46(33-19-8-5-9-20-33)49-47(51-48)34-21-10-6-11-22-34/h3-30H,1H2,2H3/b25-4-. The Kier molecular flexibility index (Phi) is 7.12. The highest BCUT2D eigenvalue weighted by Crippen LogP contribution is 2.47. The minimum atomic E-state index is 0.563. The van der Waals surface area contributed by atoms with Gasteiger partial charge in [-0.15, -0.1) is 0 Å². The fourth-order valence-corrected chi connectivity index (χ4v) is 8.03. The summed E-state index contributed by atoms with van der Waals surface area (Å²) in [4.78, 5) is 15.7. The molecule has 0 spiro atoms. The summed E-state index contributed by atoms with van der Waals surface area (Å²) < 4.78 is 4.69. The zero-order valence-electron chi connectivity index (χ0n) is 29.1. The minimum Gasteiger partial charge on any atom is -0.307 e. The molecule has 0 aliphatic rings. The summed E-state index contributed by atoms with van der Waals surface area (Å²) in [7, 11) is 0. The number of para-hydroxylation sites is 2. The number of rotatable bonds is 6. The van der Waals surface area contributed by atoms with E-state index in [9.17, 15) is 0 Å². The second kappa shape index (κ2) is 12.3. The van der Waals surface area contributed by atoms with E-state index in [0.717, 1.165) is 49.8 Å². The molecule has 0 aliphatic carbocycles. The zero-order chi connectivity index (χ0) is 35.5. The van der Waals surface area contributed by atoms with E-state index >= 15 is 0 Å². The van der Waals surface area contributed by atoms with Crippen molar-refractivity contribution in [3.63, 3.8) is 0 Å². The van der Waals surface area contributed by atoms with E-state index in [0.29, 0.717) is 17.6 Å². The normalized spacial score (nSPS) is 11.9. The van der Waals surface area contributed by atoms with Crippen LogP contribution in [0.1, 0.15) is 11.1 Å². The van der Waals surface area contributed by atoms with Crippen LogP contribution < -0.4 is 0 Å². The quantitative estimate of drug-likeness (QED) is 0.164. The van der Waals surface area contributed by atoms with E-state index in [-0.39, 0.29) is 0 Å². The van der Waals surface area contributed by atoms with Crippen LogP contribution >= 0.6 is 0 Å². The predicted octanol–water partition coefficient (Wildman–Crippen LogP) is 12.1. The maximum absolute atomic E-state index is 5.32. The van der Waals surface area contributed by atoms with E-state index in [1.807, 2.05) is 48.6 Å². The molecule has 53 heavy (non-hydrogen) atoms. The molecular formula is C48H33N5. The van der Waals surface area contributed by atoms with Gasteiger partial charge in [0.2, 0.25) is 5.95 Å². The molecule has 5 nitrogen and oxygen atoms in total. The summed E-state index contributed by atoms with van der Waals surface area (Å²) in [5.74, 6) is 1.80. The van der Waals surface area contributed by atoms with Crippen molar-refractivity contribution >= 4 is 60.5 Å². The molecule has 0 unspecified atom stereocenters. The van der Waals surface area contributed by atoms with Gasteiger partial charge in [0.1, 0.15) is 0 Å². The molecule has 0 radical (unpaired) electrons. The highest BCUT2D eigenvalue weighted by atomic mass is 15.2. The van der Waals surface area contributed by atoms with Crippen molar-refractivity contribution < 1.29 is 0 Å². The fraction of sp³-hybridized carbons (Fsp3) is 0.0208. The first-order valence-corrected chi connectivity index (χ1v) is 17.8. The van der Waals surface area contributed by atoms with E-state index < -0.39 is 0 Å². The lowest BCUT2D eigenvalue weighted by Gasteiger charge is -2.15. The second-order valence-corrected chi connectivity index (χ2v) is 13.3. The molecule has 0 fully saturated rings. The molecule has 0 aliphatic heterocycles. The Hall–Kier alpha value is -7.11. The van der Waals surface area contributed by atoms with Gasteiger partial charge < -0.3 is 4.57 Å². The third kappa shape index (κ3) is 4.75. The SMILES string of the molecule is C=C/C=C\c1c(C)c2c3c4ccccc4ccc3n(-c3nc(-c4ccccc4)nc(-c4ccccc4)n3)c2c2c1c1ccccc1n2-c1ccccc1. The van der Waals surface area contributed by atoms with E-state index in [4.69, 9.17) is 15.0 Å². The molecule has 0 amide bonds. The number of aryl methyl sites for hydroxylation is 1. The average Bonchev–Trinajstić information content (AvgIpc) is 3.76. The van der Waals surface area contributed by atoms with Crippen LogP contribution in [0.5, 0.6) is 0 Å². The number of aromatic nitrogens is 5. The highest BCUT2D eigenvalue weighted by molar-refractivity contribution is 6.31. The predicted molar refractivity (Wildman–Crippen MR) is 221 cm³/mol. The Labute approximate surface area is 306 Å². The number of allylic oxidation sites excluding steroid dienone is 2. The van der Waals surface area contributed by atoms with Crippen molar-refractivity contribution in [2.75, 3.05) is 0 Å². The van der Waals surface area contributed by atoms with Crippen molar-refractivity contribution in [1.82, 2.24) is 24.1 Å². The Balaban J connectivity index is 1.49. The first-order chi connectivity index (χ1) is 26.2. The largest absolute Gasteiger partial charge is 0.307 e. The van der Waals surface area contributed by atoms with Crippen LogP contribution in [0.15, 0.2) is 170 Å². The first kappa shape index (κ1) is 30.7. The summed E-state index contributed by atoms with van der Waals surface area (Å²) in [6, 6.07) is 52.8. The minimum absolute atomic E-state index is 0.563. The molecule has 3 heterocycles. The van der Waals surface area contributed by atoms with Gasteiger partial charge >= 0.3 is 0 Å². The third-order valence-corrected chi connectivity index (χ3v) is 10.3. The molecule has 10 rings (SSSR count). The topological polar surface area (TPSA) is 48.5 Å². The summed E-state index contributed by atoms with van der Waals surface area (Å²) >= 11 is 0. The van der Waals surface area contributed by atoms with Crippen molar-refractivity contribution in [2.45, 2.75) is 6.92 Å². The molecule has 3 aromatic heterocycles. The van der Waals surface area contributed by atoms with Crippen molar-refractivity contribution in [1.29, 1.82) is 0 Å². The molecule has 0 N–H and O–H groups in total. The van der Waals surface area contributed by atoms with Crippen LogP contribution in [-0.4, -0.2) is 24.1 Å². The molecule has 7 aromatic carbocycles. The molecule has 0 saturated carbocycles. The number of hydrogen-bond acceptors (Lipinski definition) is 3. The maximum Gasteiger partial charge on any atom is 0.238 e. The van der Waals surface area contributed by atoms with Gasteiger partial charge in [-0.05, 0) is 53.1 Å². The van der Waals surface area contributed by atoms with Crippen LogP contribution in [0.2, 0.25) is 0 Å². The van der Waals surface area contributed by atoms with Gasteiger partial charge in [0.25, 0.3) is 0 Å². The maximum atomic E-state index is 5.32. The molecule has 10 aromatic rings. The molecule has 250 valence electrons. The lowest BCUT2D eigenvalue weighted by Crippen LogP contribution is -2.07. The van der Waals surface area contributed by atoms with Gasteiger partial charge in [-0.1, -0.05) is 152 Å². The molecular weight excluding hydrogens is 647 g/mol. The van der Waals surface area contributed by atoms with E-state index in [2.05, 4.69) is 144 Å². The molecule has 0 atom stereocenters. The van der Waals surface area contributed by atoms with Crippen molar-refractivity contribution in [2.24, 2.45) is 0 Å². The summed E-state index contributed by atoms with van der Waals surface area (Å²) in [5, 5.41) is 7.03. The van der Waals surface area contributed by atoms with E-state index in [1.54, 1.807) is 0 Å². The Bertz CT molecular complexity index is 3000. The van der Waals surface area contributed by atoms with E-state index in [1.165, 1.54) is 32.5 Å². The number of benzene rings is 7. The van der Waals surface area contributed by atoms with Crippen molar-refractivity contribution in [3.05, 3.63) is 182 Å². The van der Waals surface area contributed by atoms with Gasteiger partial charge in [-0.2, -0.15) is 9.97 Å². The van der Waals surface area contributed by atoms with Crippen LogP contribution in [0.3, 0.4) is 0 Å². The number of nitrogens with zero attached hydrogens (tertiary/aromatic N) is 5. The molecule has 0 saturated heterocycles. The van der Waals surface area contributed by atoms with Gasteiger partial charge in [0, 0.05) is 38.4 Å². The van der Waals surface area contributed by atoms with Crippen LogP contribution in [0.25, 0.3) is 94.9 Å². The third-order valence-electron chi connectivity index (χ3n) is 10.3. The molecule has 0 bridgehead atoms. The average molecular weight is 680 g/mol. The van der Waals surface area contributed by atoms with Gasteiger partial charge in [-0.25, -0.2) is 4.98 Å². The van der Waals surface area contributed by atoms with Crippen LogP contribution in [-0.2, 0) is 0 Å². The highest BCUT2D eigenvalue weighted by Gasteiger charge is 2.27. The van der Waals surface area contributed by atoms with Crippen LogP contribution in [0, 0.1) is 6.92 Å². The summed E-state index contributed by atoms with van der Waals surface area (Å²) in [6.07, 6.45) is 6.11. The molecule has 5 heteroatoms. The van der Waals surface area contributed by atoms with Crippen molar-refractivity contribution in [3.8, 4) is 34.4 Å². The zero-order valence-corrected chi connectivity index (χ0v) is 29.1. The number of fused-ring (bicyclic) bond motifs is 9. The smallest absolute Gasteiger partial charge is 0.238 e. The number of hydrogen-bond donors (Lipinski definition) is 0. The lowest BCUT2D eigenvalue weighted by molar-refractivity contribution is 0.953. The summed E-state index contributed by atoms with van der Waals surface area (Å²) in [6.45, 7) is 6.30. The Morgan fingerprint density at radius 3 is 1.77 bits per heavy atom. The fourth-order valence-electron chi connectivity index (χ4n) is 8.03. The first-order valence-electron chi connectivity index (χ1n) is 17.8. The van der Waals surface area contributed by atoms with Gasteiger partial charge in [-0.3, -0.25) is 4.57 Å². The lowest BCUT2D eigenvalue weighted by atomic mass is 9.94. The van der Waals surface area contributed by atoms with Crippen LogP contribution in [0.4, 0.5) is 0 Å². The van der Waals surface area contributed by atoms with Gasteiger partial charge in [0.15, 0.2) is 11.6 Å². The summed E-state index contributed by atoms with van der Waals surface area (Å²) in [5.41, 5.74) is 9.57.